The van der Waals surface area contributed by atoms with Crippen LogP contribution in [-0.4, -0.2) is 55.6 Å². The highest BCUT2D eigenvalue weighted by atomic mass is 16.5. The van der Waals surface area contributed by atoms with Crippen LogP contribution in [0.2, 0.25) is 0 Å². The number of nitrogens with two attached hydrogens (primary N) is 1. The minimum Gasteiger partial charge on any atom is -0.466 e. The third kappa shape index (κ3) is 7.43. The van der Waals surface area contributed by atoms with E-state index in [1.54, 1.807) is 6.92 Å². The van der Waals surface area contributed by atoms with Crippen LogP contribution in [0, 0.1) is 0 Å². The molecule has 0 saturated heterocycles. The largest absolute Gasteiger partial charge is 0.466 e. The lowest BCUT2D eigenvalue weighted by atomic mass is 9.91. The molecule has 1 aliphatic rings. The van der Waals surface area contributed by atoms with Gasteiger partial charge in [0.2, 0.25) is 5.91 Å². The summed E-state index contributed by atoms with van der Waals surface area (Å²) in [4.78, 5) is 25.1. The zero-order chi connectivity index (χ0) is 15.7. The molecule has 1 aliphatic carbocycles. The van der Waals surface area contributed by atoms with Gasteiger partial charge in [-0.25, -0.2) is 0 Å². The standard InChI is InChI=1S/C15H29N3O3/c1-3-21-15(20)5-4-10-17-14(19)11-18(2)13-8-6-12(16)7-9-13/h12-13H,3-11,16H2,1-2H3,(H,17,19). The predicted octanol–water partition coefficient (Wildman–Crippen LogP) is 0.648. The van der Waals surface area contributed by atoms with E-state index in [1.807, 2.05) is 7.05 Å². The highest BCUT2D eigenvalue weighted by Crippen LogP contribution is 2.20. The van der Waals surface area contributed by atoms with Crippen molar-refractivity contribution < 1.29 is 14.3 Å². The fourth-order valence-corrected chi connectivity index (χ4v) is 2.65. The van der Waals surface area contributed by atoms with Gasteiger partial charge in [0, 0.05) is 25.0 Å². The van der Waals surface area contributed by atoms with Gasteiger partial charge in [0.05, 0.1) is 13.2 Å². The minimum atomic E-state index is -0.206. The van der Waals surface area contributed by atoms with Crippen molar-refractivity contribution in [3.8, 4) is 0 Å². The van der Waals surface area contributed by atoms with Crippen LogP contribution in [0.5, 0.6) is 0 Å². The summed E-state index contributed by atoms with van der Waals surface area (Å²) in [6.45, 7) is 3.11. The molecule has 0 spiro atoms. The first-order chi connectivity index (χ1) is 10.0. The van der Waals surface area contributed by atoms with E-state index in [2.05, 4.69) is 10.2 Å². The molecule has 122 valence electrons. The average molecular weight is 299 g/mol. The number of carbonyl (C=O) groups excluding carboxylic acids is 2. The first-order valence-electron chi connectivity index (χ1n) is 7.91. The molecule has 0 aromatic heterocycles. The minimum absolute atomic E-state index is 0.0104. The number of hydrogen-bond acceptors (Lipinski definition) is 5. The molecule has 0 aliphatic heterocycles. The van der Waals surface area contributed by atoms with Crippen molar-refractivity contribution in [2.45, 2.75) is 57.5 Å². The van der Waals surface area contributed by atoms with E-state index in [0.717, 1.165) is 25.7 Å². The van der Waals surface area contributed by atoms with Crippen molar-refractivity contribution in [2.24, 2.45) is 5.73 Å². The highest BCUT2D eigenvalue weighted by molar-refractivity contribution is 5.78. The van der Waals surface area contributed by atoms with Gasteiger partial charge in [-0.3, -0.25) is 14.5 Å². The normalized spacial score (nSPS) is 22.1. The van der Waals surface area contributed by atoms with Crippen LogP contribution in [-0.2, 0) is 14.3 Å². The Balaban J connectivity index is 2.11. The summed E-state index contributed by atoms with van der Waals surface area (Å²) in [5.74, 6) is -0.196. The molecule has 3 N–H and O–H groups in total. The van der Waals surface area contributed by atoms with Gasteiger partial charge in [0.15, 0.2) is 0 Å². The summed E-state index contributed by atoms with van der Waals surface area (Å²) in [6.07, 6.45) is 5.17. The number of ether oxygens (including phenoxy) is 1. The second-order valence-electron chi connectivity index (χ2n) is 5.74. The number of nitrogens with one attached hydrogen (secondary N) is 1. The predicted molar refractivity (Wildman–Crippen MR) is 81.7 cm³/mol. The average Bonchev–Trinajstić information content (AvgIpc) is 2.44. The Labute approximate surface area is 127 Å². The van der Waals surface area contributed by atoms with Crippen LogP contribution in [0.1, 0.15) is 45.4 Å². The van der Waals surface area contributed by atoms with Gasteiger partial charge < -0.3 is 15.8 Å². The Morgan fingerprint density at radius 1 is 1.29 bits per heavy atom. The zero-order valence-electron chi connectivity index (χ0n) is 13.3. The Hall–Kier alpha value is -1.14. The molecule has 0 aromatic carbocycles. The maximum atomic E-state index is 11.8. The highest BCUT2D eigenvalue weighted by Gasteiger charge is 2.22. The van der Waals surface area contributed by atoms with Gasteiger partial charge in [-0.05, 0) is 46.1 Å². The molecule has 6 heteroatoms. The summed E-state index contributed by atoms with van der Waals surface area (Å²) in [6, 6.07) is 0.779. The smallest absolute Gasteiger partial charge is 0.305 e. The number of amides is 1. The number of carbonyl (C=O) groups is 2. The Bertz CT molecular complexity index is 328. The van der Waals surface area contributed by atoms with Crippen molar-refractivity contribution in [3.63, 3.8) is 0 Å². The lowest BCUT2D eigenvalue weighted by Crippen LogP contribution is -2.43. The second-order valence-corrected chi connectivity index (χ2v) is 5.74. The topological polar surface area (TPSA) is 84.7 Å². The summed E-state index contributed by atoms with van der Waals surface area (Å²) < 4.78 is 4.83. The maximum Gasteiger partial charge on any atom is 0.305 e. The lowest BCUT2D eigenvalue weighted by molar-refractivity contribution is -0.143. The van der Waals surface area contributed by atoms with Crippen molar-refractivity contribution in [1.82, 2.24) is 10.2 Å². The first kappa shape index (κ1) is 17.9. The second kappa shape index (κ2) is 9.73. The molecule has 1 saturated carbocycles. The van der Waals surface area contributed by atoms with E-state index < -0.39 is 0 Å². The third-order valence-electron chi connectivity index (χ3n) is 3.94. The Kier molecular flexibility index (Phi) is 8.30. The van der Waals surface area contributed by atoms with Gasteiger partial charge in [-0.2, -0.15) is 0 Å². The van der Waals surface area contributed by atoms with E-state index in [1.165, 1.54) is 0 Å². The van der Waals surface area contributed by atoms with Crippen LogP contribution in [0.15, 0.2) is 0 Å². The lowest BCUT2D eigenvalue weighted by Gasteiger charge is -2.33. The molecule has 0 atom stereocenters. The molecule has 0 heterocycles. The Morgan fingerprint density at radius 2 is 1.95 bits per heavy atom. The fraction of sp³-hybridized carbons (Fsp3) is 0.867. The van der Waals surface area contributed by atoms with Crippen LogP contribution in [0.4, 0.5) is 0 Å². The van der Waals surface area contributed by atoms with Gasteiger partial charge in [0.1, 0.15) is 0 Å². The van der Waals surface area contributed by atoms with Crippen LogP contribution >= 0.6 is 0 Å². The molecule has 1 rings (SSSR count). The van der Waals surface area contributed by atoms with Crippen molar-refractivity contribution in [3.05, 3.63) is 0 Å². The number of likely N-dealkylation sites (N-methyl/N-ethyl adjacent to an activating group) is 1. The SMILES string of the molecule is CCOC(=O)CCCNC(=O)CN(C)C1CCC(N)CC1. The third-order valence-corrected chi connectivity index (χ3v) is 3.94. The van der Waals surface area contributed by atoms with Crippen LogP contribution in [0.3, 0.4) is 0 Å². The van der Waals surface area contributed by atoms with Crippen molar-refractivity contribution in [2.75, 3.05) is 26.7 Å². The summed E-state index contributed by atoms with van der Waals surface area (Å²) in [7, 11) is 1.99. The molecule has 21 heavy (non-hydrogen) atoms. The molecule has 1 amide bonds. The summed E-state index contributed by atoms with van der Waals surface area (Å²) >= 11 is 0. The van der Waals surface area contributed by atoms with Gasteiger partial charge in [0.25, 0.3) is 0 Å². The molecule has 0 aromatic rings. The van der Waals surface area contributed by atoms with E-state index in [-0.39, 0.29) is 11.9 Å². The monoisotopic (exact) mass is 299 g/mol. The van der Waals surface area contributed by atoms with Gasteiger partial charge in [-0.1, -0.05) is 0 Å². The molecular weight excluding hydrogens is 270 g/mol. The van der Waals surface area contributed by atoms with Crippen molar-refractivity contribution in [1.29, 1.82) is 0 Å². The molecular formula is C15H29N3O3. The first-order valence-corrected chi connectivity index (χ1v) is 7.91. The molecule has 0 unspecified atom stereocenters. The number of hydrogen-bond donors (Lipinski definition) is 2. The Morgan fingerprint density at radius 3 is 2.57 bits per heavy atom. The number of nitrogens with zero attached hydrogens (tertiary/aromatic N) is 1. The van der Waals surface area contributed by atoms with E-state index in [4.69, 9.17) is 10.5 Å². The summed E-state index contributed by atoms with van der Waals surface area (Å²) in [5, 5.41) is 2.85. The zero-order valence-corrected chi connectivity index (χ0v) is 13.3. The molecule has 0 radical (unpaired) electrons. The molecule has 1 fully saturated rings. The molecule has 6 nitrogen and oxygen atoms in total. The number of rotatable bonds is 8. The molecule has 0 bridgehead atoms. The number of esters is 1. The van der Waals surface area contributed by atoms with E-state index >= 15 is 0 Å². The van der Waals surface area contributed by atoms with Gasteiger partial charge in [-0.15, -0.1) is 0 Å². The summed E-state index contributed by atoms with van der Waals surface area (Å²) in [5.41, 5.74) is 5.89. The van der Waals surface area contributed by atoms with Crippen LogP contribution < -0.4 is 11.1 Å². The van der Waals surface area contributed by atoms with Crippen LogP contribution in [0.25, 0.3) is 0 Å². The maximum absolute atomic E-state index is 11.8. The van der Waals surface area contributed by atoms with E-state index in [0.29, 0.717) is 44.6 Å². The van der Waals surface area contributed by atoms with E-state index in [9.17, 15) is 9.59 Å². The fourth-order valence-electron chi connectivity index (χ4n) is 2.65. The van der Waals surface area contributed by atoms with Crippen molar-refractivity contribution >= 4 is 11.9 Å². The quantitative estimate of drug-likeness (QED) is 0.508. The van der Waals surface area contributed by atoms with Gasteiger partial charge >= 0.3 is 5.97 Å².